The van der Waals surface area contributed by atoms with Crippen LogP contribution in [0.1, 0.15) is 5.56 Å². The third-order valence-electron chi connectivity index (χ3n) is 5.01. The fourth-order valence-corrected chi connectivity index (χ4v) is 3.41. The van der Waals surface area contributed by atoms with E-state index in [0.29, 0.717) is 23.4 Å². The number of carbonyl (C=O) groups is 2. The number of nitrogens with zero attached hydrogens (tertiary/aromatic N) is 2. The molecule has 36 heavy (non-hydrogen) atoms. The second-order valence-corrected chi connectivity index (χ2v) is 7.59. The SMILES string of the molecule is O=C(NCC(F)(F)F)Nc1cccc(-c2cn3ccc(-c4ccc(CCO)cc4)cc3n2)c1.O=CO. The maximum Gasteiger partial charge on any atom is 0.405 e. The minimum atomic E-state index is -4.48. The van der Waals surface area contributed by atoms with Gasteiger partial charge in [0.1, 0.15) is 12.2 Å². The Morgan fingerprint density at radius 2 is 1.75 bits per heavy atom. The minimum Gasteiger partial charge on any atom is -0.483 e. The number of carboxylic acid groups (broad SMARTS) is 1. The summed E-state index contributed by atoms with van der Waals surface area (Å²) in [5.74, 6) is 0. The number of halogens is 3. The van der Waals surface area contributed by atoms with Crippen molar-refractivity contribution in [2.75, 3.05) is 18.5 Å². The molecule has 0 radical (unpaired) electrons. The lowest BCUT2D eigenvalue weighted by molar-refractivity contribution is -0.123. The van der Waals surface area contributed by atoms with Crippen molar-refractivity contribution in [2.24, 2.45) is 0 Å². The molecule has 8 nitrogen and oxygen atoms in total. The zero-order valence-electron chi connectivity index (χ0n) is 18.9. The number of aliphatic hydroxyl groups excluding tert-OH is 1. The Balaban J connectivity index is 0.00000115. The maximum absolute atomic E-state index is 12.3. The van der Waals surface area contributed by atoms with E-state index in [2.05, 4.69) is 10.3 Å². The van der Waals surface area contributed by atoms with Crippen LogP contribution in [0.5, 0.6) is 0 Å². The third kappa shape index (κ3) is 7.31. The van der Waals surface area contributed by atoms with E-state index in [1.54, 1.807) is 29.6 Å². The van der Waals surface area contributed by atoms with Gasteiger partial charge < -0.3 is 25.2 Å². The minimum absolute atomic E-state index is 0.108. The van der Waals surface area contributed by atoms with Gasteiger partial charge in [0.25, 0.3) is 6.47 Å². The van der Waals surface area contributed by atoms with Crippen LogP contribution in [-0.2, 0) is 11.2 Å². The number of nitrogens with one attached hydrogen (secondary N) is 2. The summed E-state index contributed by atoms with van der Waals surface area (Å²) in [5.41, 5.74) is 5.53. The molecule has 11 heteroatoms. The molecule has 0 fully saturated rings. The predicted octanol–water partition coefficient (Wildman–Crippen LogP) is 4.59. The molecule has 0 aliphatic rings. The Bertz CT molecular complexity index is 1320. The number of fused-ring (bicyclic) bond motifs is 1. The maximum atomic E-state index is 12.3. The number of hydrogen-bond acceptors (Lipinski definition) is 4. The first kappa shape index (κ1) is 26.2. The molecule has 4 rings (SSSR count). The fraction of sp³-hybridized carbons (Fsp3) is 0.160. The van der Waals surface area contributed by atoms with E-state index < -0.39 is 18.8 Å². The number of aliphatic hydroxyl groups is 1. The average molecular weight is 500 g/mol. The van der Waals surface area contributed by atoms with Crippen molar-refractivity contribution < 1.29 is 33.0 Å². The van der Waals surface area contributed by atoms with Crippen LogP contribution in [0.25, 0.3) is 28.0 Å². The highest BCUT2D eigenvalue weighted by Gasteiger charge is 2.27. The number of alkyl halides is 3. The largest absolute Gasteiger partial charge is 0.483 e. The highest BCUT2D eigenvalue weighted by Crippen LogP contribution is 2.26. The summed E-state index contributed by atoms with van der Waals surface area (Å²) in [5, 5.41) is 20.1. The van der Waals surface area contributed by atoms with E-state index in [0.717, 1.165) is 22.3 Å². The number of urea groups is 1. The molecule has 2 aromatic carbocycles. The molecule has 2 heterocycles. The lowest BCUT2D eigenvalue weighted by atomic mass is 10.0. The van der Waals surface area contributed by atoms with E-state index in [1.165, 1.54) is 0 Å². The standard InChI is InChI=1S/C24H21F3N4O2.CH2O2/c25-24(26,27)15-28-23(33)29-20-3-1-2-19(12-20)21-14-31-10-8-18(13-22(31)30-21)17-6-4-16(5-7-17)9-11-32;2-1-3/h1-8,10,12-14,32H,9,11,15H2,(H2,28,29,33);1H,(H,2,3). The van der Waals surface area contributed by atoms with Crippen molar-refractivity contribution in [3.63, 3.8) is 0 Å². The molecule has 188 valence electrons. The topological polar surface area (TPSA) is 116 Å². The summed E-state index contributed by atoms with van der Waals surface area (Å²) >= 11 is 0. The Kier molecular flexibility index (Phi) is 8.63. The molecule has 2 aromatic heterocycles. The number of carbonyl (C=O) groups excluding carboxylic acids is 1. The molecule has 0 aliphatic heterocycles. The van der Waals surface area contributed by atoms with Gasteiger partial charge in [0.15, 0.2) is 0 Å². The van der Waals surface area contributed by atoms with Gasteiger partial charge in [0.05, 0.1) is 5.69 Å². The molecular formula is C25H23F3N4O4. The van der Waals surface area contributed by atoms with E-state index in [9.17, 15) is 18.0 Å². The van der Waals surface area contributed by atoms with Crippen LogP contribution in [0.15, 0.2) is 73.1 Å². The van der Waals surface area contributed by atoms with Crippen molar-refractivity contribution in [3.05, 3.63) is 78.6 Å². The highest BCUT2D eigenvalue weighted by atomic mass is 19.4. The van der Waals surface area contributed by atoms with Crippen LogP contribution in [0.3, 0.4) is 0 Å². The lowest BCUT2D eigenvalue weighted by Crippen LogP contribution is -2.36. The van der Waals surface area contributed by atoms with Crippen molar-refractivity contribution in [3.8, 4) is 22.4 Å². The summed E-state index contributed by atoms with van der Waals surface area (Å²) in [6.45, 7) is -1.55. The quantitative estimate of drug-likeness (QED) is 0.289. The van der Waals surface area contributed by atoms with Gasteiger partial charge in [-0.1, -0.05) is 36.4 Å². The second kappa shape index (κ2) is 11.8. The van der Waals surface area contributed by atoms with Gasteiger partial charge in [-0.2, -0.15) is 13.2 Å². The molecule has 0 aliphatic carbocycles. The Morgan fingerprint density at radius 1 is 1.03 bits per heavy atom. The predicted molar refractivity (Wildman–Crippen MR) is 129 cm³/mol. The smallest absolute Gasteiger partial charge is 0.405 e. The number of rotatable bonds is 6. The van der Waals surface area contributed by atoms with Gasteiger partial charge in [-0.05, 0) is 47.4 Å². The number of anilines is 1. The summed E-state index contributed by atoms with van der Waals surface area (Å²) < 4.78 is 38.7. The zero-order chi connectivity index (χ0) is 26.1. The van der Waals surface area contributed by atoms with Crippen molar-refractivity contribution in [1.29, 1.82) is 0 Å². The van der Waals surface area contributed by atoms with E-state index >= 15 is 0 Å². The molecule has 0 atom stereocenters. The average Bonchev–Trinajstić information content (AvgIpc) is 3.27. The van der Waals surface area contributed by atoms with E-state index in [1.807, 2.05) is 53.2 Å². The van der Waals surface area contributed by atoms with Gasteiger partial charge in [-0.25, -0.2) is 9.78 Å². The number of amides is 2. The molecule has 0 saturated heterocycles. The van der Waals surface area contributed by atoms with Crippen LogP contribution in [0, 0.1) is 0 Å². The van der Waals surface area contributed by atoms with Gasteiger partial charge in [-0.3, -0.25) is 4.79 Å². The number of pyridine rings is 1. The van der Waals surface area contributed by atoms with Gasteiger partial charge >= 0.3 is 12.2 Å². The number of imidazole rings is 1. The van der Waals surface area contributed by atoms with Crippen molar-refractivity contribution in [1.82, 2.24) is 14.7 Å². The highest BCUT2D eigenvalue weighted by molar-refractivity contribution is 5.90. The Labute approximate surface area is 204 Å². The first-order chi connectivity index (χ1) is 17.2. The molecule has 4 aromatic rings. The van der Waals surface area contributed by atoms with Crippen LogP contribution < -0.4 is 10.6 Å². The Morgan fingerprint density at radius 3 is 2.42 bits per heavy atom. The van der Waals surface area contributed by atoms with Crippen molar-refractivity contribution >= 4 is 23.8 Å². The zero-order valence-corrected chi connectivity index (χ0v) is 18.9. The number of hydrogen-bond donors (Lipinski definition) is 4. The first-order valence-electron chi connectivity index (χ1n) is 10.7. The number of benzene rings is 2. The summed E-state index contributed by atoms with van der Waals surface area (Å²) in [6.07, 6.45) is -0.126. The van der Waals surface area contributed by atoms with Crippen LogP contribution in [-0.4, -0.2) is 51.4 Å². The molecule has 4 N–H and O–H groups in total. The van der Waals surface area contributed by atoms with Gasteiger partial charge in [0, 0.05) is 30.3 Å². The Hall–Kier alpha value is -4.38. The third-order valence-corrected chi connectivity index (χ3v) is 5.01. The van der Waals surface area contributed by atoms with Gasteiger partial charge in [-0.15, -0.1) is 0 Å². The monoisotopic (exact) mass is 500 g/mol. The summed E-state index contributed by atoms with van der Waals surface area (Å²) in [7, 11) is 0. The second-order valence-electron chi connectivity index (χ2n) is 7.59. The van der Waals surface area contributed by atoms with Crippen LogP contribution in [0.2, 0.25) is 0 Å². The fourth-order valence-electron chi connectivity index (χ4n) is 3.41. The van der Waals surface area contributed by atoms with Gasteiger partial charge in [0.2, 0.25) is 0 Å². The van der Waals surface area contributed by atoms with Crippen LogP contribution >= 0.6 is 0 Å². The number of aromatic nitrogens is 2. The van der Waals surface area contributed by atoms with Crippen molar-refractivity contribution in [2.45, 2.75) is 12.6 Å². The van der Waals surface area contributed by atoms with E-state index in [4.69, 9.17) is 15.0 Å². The van der Waals surface area contributed by atoms with E-state index in [-0.39, 0.29) is 13.1 Å². The summed E-state index contributed by atoms with van der Waals surface area (Å²) in [4.78, 5) is 24.7. The molecule has 0 spiro atoms. The van der Waals surface area contributed by atoms with Crippen LogP contribution in [0.4, 0.5) is 23.7 Å². The summed E-state index contributed by atoms with van der Waals surface area (Å²) in [6, 6.07) is 17.7. The first-order valence-corrected chi connectivity index (χ1v) is 10.7. The normalized spacial score (nSPS) is 10.9. The molecule has 0 unspecified atom stereocenters. The molecule has 0 bridgehead atoms. The lowest BCUT2D eigenvalue weighted by Gasteiger charge is -2.10. The molecule has 2 amide bonds. The molecular weight excluding hydrogens is 477 g/mol. The molecule has 0 saturated carbocycles.